The van der Waals surface area contributed by atoms with Gasteiger partial charge in [-0.05, 0) is 61.8 Å². The van der Waals surface area contributed by atoms with E-state index < -0.39 is 80.9 Å². The third-order valence-electron chi connectivity index (χ3n) is 9.10. The van der Waals surface area contributed by atoms with Crippen LogP contribution in [0.1, 0.15) is 17.5 Å². The Hall–Kier alpha value is -5.27. The number of Topliss-reactive ketones (excluding diaryl/α,β-unsaturated/α-hetero) is 2. The summed E-state index contributed by atoms with van der Waals surface area (Å²) in [5, 5.41) is 47.1. The van der Waals surface area contributed by atoms with Gasteiger partial charge in [0, 0.05) is 12.8 Å². The summed E-state index contributed by atoms with van der Waals surface area (Å²) < 4.78 is 9.87. The van der Waals surface area contributed by atoms with Crippen LogP contribution in [0.15, 0.2) is 53.3 Å². The van der Waals surface area contributed by atoms with Crippen molar-refractivity contribution in [3.05, 3.63) is 64.4 Å². The highest BCUT2D eigenvalue weighted by atomic mass is 16.6. The van der Waals surface area contributed by atoms with Gasteiger partial charge in [0.25, 0.3) is 5.91 Å². The number of primary amides is 1. The van der Waals surface area contributed by atoms with Gasteiger partial charge in [0.05, 0.1) is 40.9 Å². The van der Waals surface area contributed by atoms with Crippen LogP contribution in [0.2, 0.25) is 0 Å². The van der Waals surface area contributed by atoms with E-state index in [0.29, 0.717) is 22.4 Å². The molecule has 47 heavy (non-hydrogen) atoms. The number of aromatic hydroxyl groups is 1. The number of nitrogens with two attached hydrogens (primary N) is 3. The SMILES string of the molecule is COCCOC(=O)Nc1ccc(-c2ccc(O)c3c2C[C@@]2(N)C[C@@]4(N)[C@H](N(C)C)C(=O)C(C(N)=O)=C(O)[C@@]4(C#N)C(=O)C2=C3O)cc1. The van der Waals surface area contributed by atoms with Gasteiger partial charge in [-0.1, -0.05) is 18.2 Å². The molecular weight excluding hydrogens is 612 g/mol. The number of ether oxygens (including phenoxy) is 2. The quantitative estimate of drug-likeness (QED) is 0.162. The van der Waals surface area contributed by atoms with Crippen LogP contribution in [0.25, 0.3) is 16.9 Å². The molecule has 10 N–H and O–H groups in total. The van der Waals surface area contributed by atoms with E-state index >= 15 is 0 Å². The van der Waals surface area contributed by atoms with Crippen molar-refractivity contribution in [3.63, 3.8) is 0 Å². The van der Waals surface area contributed by atoms with Crippen molar-refractivity contribution < 1.29 is 44.0 Å². The number of anilines is 1. The Balaban J connectivity index is 1.66. The van der Waals surface area contributed by atoms with Crippen molar-refractivity contribution in [1.82, 2.24) is 4.90 Å². The van der Waals surface area contributed by atoms with Crippen LogP contribution < -0.4 is 22.5 Å². The Kier molecular flexibility index (Phi) is 8.11. The topological polar surface area (TPSA) is 265 Å². The monoisotopic (exact) mass is 646 g/mol. The number of benzene rings is 2. The molecule has 4 atom stereocenters. The summed E-state index contributed by atoms with van der Waals surface area (Å²) in [7, 11) is 4.37. The third-order valence-corrected chi connectivity index (χ3v) is 9.10. The molecule has 0 spiro atoms. The molecule has 0 radical (unpaired) electrons. The van der Waals surface area contributed by atoms with E-state index in [-0.39, 0.29) is 25.2 Å². The van der Waals surface area contributed by atoms with Crippen LogP contribution >= 0.6 is 0 Å². The van der Waals surface area contributed by atoms with Crippen molar-refractivity contribution in [1.29, 1.82) is 5.26 Å². The van der Waals surface area contributed by atoms with Gasteiger partial charge in [-0.15, -0.1) is 0 Å². The summed E-state index contributed by atoms with van der Waals surface area (Å²) in [5.74, 6) is -5.96. The van der Waals surface area contributed by atoms with Gasteiger partial charge in [0.1, 0.15) is 29.4 Å². The van der Waals surface area contributed by atoms with Crippen LogP contribution in [0, 0.1) is 16.7 Å². The van der Waals surface area contributed by atoms with E-state index in [1.807, 2.05) is 0 Å². The molecule has 5 rings (SSSR count). The molecule has 3 aliphatic rings. The van der Waals surface area contributed by atoms with Crippen LogP contribution in [-0.2, 0) is 30.3 Å². The molecule has 246 valence electrons. The summed E-state index contributed by atoms with van der Waals surface area (Å²) in [5.41, 5.74) is 12.7. The van der Waals surface area contributed by atoms with Crippen LogP contribution in [0.4, 0.5) is 10.5 Å². The highest BCUT2D eigenvalue weighted by Crippen LogP contribution is 2.58. The zero-order valence-electron chi connectivity index (χ0n) is 25.8. The normalized spacial score (nSPS) is 26.7. The number of aliphatic hydroxyl groups is 2. The van der Waals surface area contributed by atoms with Gasteiger partial charge in [-0.2, -0.15) is 5.26 Å². The fraction of sp³-hybridized carbons (Fsp3) is 0.344. The standard InChI is InChI=1S/C32H34N6O9/c1-38(2)25-24(41)21(28(34)44)26(42)31(14-33)27(43)22-23(40)20-18(12-30(22,35)13-32(25,31)36)17(8-9-19(20)39)15-4-6-16(7-5-15)37-29(45)47-11-10-46-3/h4-9,25,39-40,42H,10-13,35-36H2,1-3H3,(H2,34,44)(H,37,45)/t25-,30-,31+,32-/m1/s1. The number of nitrogens with zero attached hydrogens (tertiary/aromatic N) is 2. The minimum absolute atomic E-state index is 0.0631. The Morgan fingerprint density at radius 3 is 2.32 bits per heavy atom. The molecule has 0 heterocycles. The van der Waals surface area contributed by atoms with E-state index in [1.165, 1.54) is 32.2 Å². The summed E-state index contributed by atoms with van der Waals surface area (Å²) in [6.07, 6.45) is -1.38. The number of fused-ring (bicyclic) bond motifs is 3. The Bertz CT molecular complexity index is 1830. The lowest BCUT2D eigenvalue weighted by Crippen LogP contribution is -2.80. The largest absolute Gasteiger partial charge is 0.509 e. The number of hydrogen-bond acceptors (Lipinski definition) is 13. The van der Waals surface area contributed by atoms with E-state index in [1.54, 1.807) is 36.4 Å². The molecule has 2 aromatic carbocycles. The number of aliphatic hydroxyl groups excluding tert-OH is 2. The van der Waals surface area contributed by atoms with E-state index in [0.717, 1.165) is 0 Å². The van der Waals surface area contributed by atoms with Crippen LogP contribution in [0.5, 0.6) is 5.75 Å². The Morgan fingerprint density at radius 1 is 1.09 bits per heavy atom. The Morgan fingerprint density at radius 2 is 1.74 bits per heavy atom. The lowest BCUT2D eigenvalue weighted by Gasteiger charge is -2.58. The second-order valence-electron chi connectivity index (χ2n) is 12.1. The lowest BCUT2D eigenvalue weighted by atomic mass is 9.47. The maximum atomic E-state index is 14.5. The average molecular weight is 647 g/mol. The second-order valence-corrected chi connectivity index (χ2v) is 12.1. The molecule has 2 aromatic rings. The van der Waals surface area contributed by atoms with E-state index in [4.69, 9.17) is 26.7 Å². The number of ketones is 2. The molecule has 0 bridgehead atoms. The molecule has 1 fully saturated rings. The first-order chi connectivity index (χ1) is 22.1. The van der Waals surface area contributed by atoms with Gasteiger partial charge in [-0.25, -0.2) is 4.79 Å². The van der Waals surface area contributed by atoms with Gasteiger partial charge < -0.3 is 42.0 Å². The van der Waals surface area contributed by atoms with E-state index in [2.05, 4.69) is 5.32 Å². The van der Waals surface area contributed by atoms with Gasteiger partial charge in [0.2, 0.25) is 0 Å². The fourth-order valence-corrected chi connectivity index (χ4v) is 7.21. The smallest absolute Gasteiger partial charge is 0.411 e. The maximum absolute atomic E-state index is 14.5. The highest BCUT2D eigenvalue weighted by Gasteiger charge is 2.74. The zero-order valence-corrected chi connectivity index (χ0v) is 25.8. The summed E-state index contributed by atoms with van der Waals surface area (Å²) in [6, 6.07) is 9.68. The highest BCUT2D eigenvalue weighted by molar-refractivity contribution is 6.25. The molecule has 0 aromatic heterocycles. The van der Waals surface area contributed by atoms with Gasteiger partial charge >= 0.3 is 6.09 Å². The molecule has 3 aliphatic carbocycles. The first-order valence-electron chi connectivity index (χ1n) is 14.4. The number of nitriles is 1. The van der Waals surface area contributed by atoms with Crippen LogP contribution in [-0.4, -0.2) is 95.3 Å². The first-order valence-corrected chi connectivity index (χ1v) is 14.4. The molecule has 15 nitrogen and oxygen atoms in total. The van der Waals surface area contributed by atoms with Gasteiger partial charge in [0.15, 0.2) is 17.0 Å². The summed E-state index contributed by atoms with van der Waals surface area (Å²) in [6.45, 7) is 0.296. The van der Waals surface area contributed by atoms with Crippen molar-refractivity contribution in [3.8, 4) is 22.9 Å². The number of phenolic OH excluding ortho intramolecular Hbond substituents is 1. The summed E-state index contributed by atoms with van der Waals surface area (Å²) in [4.78, 5) is 53.8. The zero-order chi connectivity index (χ0) is 34.6. The Labute approximate surface area is 268 Å². The number of carbonyl (C=O) groups is 4. The third kappa shape index (κ3) is 4.72. The number of phenols is 1. The fourth-order valence-electron chi connectivity index (χ4n) is 7.21. The van der Waals surface area contributed by atoms with Crippen molar-refractivity contribution in [2.24, 2.45) is 22.6 Å². The maximum Gasteiger partial charge on any atom is 0.411 e. The molecule has 0 aliphatic heterocycles. The number of hydrogen-bond donors (Lipinski definition) is 7. The number of carbonyl (C=O) groups excluding carboxylic acids is 4. The lowest BCUT2D eigenvalue weighted by molar-refractivity contribution is -0.139. The predicted molar refractivity (Wildman–Crippen MR) is 166 cm³/mol. The predicted octanol–water partition coefficient (Wildman–Crippen LogP) is 0.767. The summed E-state index contributed by atoms with van der Waals surface area (Å²) >= 11 is 0. The van der Waals surface area contributed by atoms with Crippen LogP contribution in [0.3, 0.4) is 0 Å². The molecular formula is C32H34N6O9. The van der Waals surface area contributed by atoms with Crippen molar-refractivity contribution in [2.75, 3.05) is 39.7 Å². The van der Waals surface area contributed by atoms with Gasteiger partial charge in [-0.3, -0.25) is 24.6 Å². The minimum atomic E-state index is -2.75. The number of methoxy groups -OCH3 is 1. The molecule has 15 heteroatoms. The molecule has 0 unspecified atom stereocenters. The number of nitrogens with one attached hydrogen (secondary N) is 1. The van der Waals surface area contributed by atoms with E-state index in [9.17, 15) is 39.8 Å². The molecule has 0 saturated heterocycles. The van der Waals surface area contributed by atoms with Crippen molar-refractivity contribution in [2.45, 2.75) is 30.0 Å². The second kappa shape index (κ2) is 11.5. The molecule has 2 amide bonds. The number of likely N-dealkylation sites (N-methyl/N-ethyl adjacent to an activating group) is 1. The number of rotatable bonds is 7. The number of amides is 2. The average Bonchev–Trinajstić information content (AvgIpc) is 2.97. The first kappa shape index (κ1) is 33.1. The molecule has 1 saturated carbocycles. The van der Waals surface area contributed by atoms with Crippen molar-refractivity contribution >= 4 is 35.0 Å². The minimum Gasteiger partial charge on any atom is -0.509 e.